The SMILES string of the molecule is CN(C)c1ccccc1C(c1ccccc1)c1cccc(Cl)c1N(C)C. The summed E-state index contributed by atoms with van der Waals surface area (Å²) in [5.74, 6) is 0.103. The first-order chi connectivity index (χ1) is 12.5. The van der Waals surface area contributed by atoms with Crippen LogP contribution >= 0.6 is 11.6 Å². The Morgan fingerprint density at radius 2 is 1.27 bits per heavy atom. The maximum atomic E-state index is 6.59. The average molecular weight is 365 g/mol. The molecule has 134 valence electrons. The normalized spacial score (nSPS) is 11.9. The highest BCUT2D eigenvalue weighted by Crippen LogP contribution is 2.42. The van der Waals surface area contributed by atoms with Crippen molar-refractivity contribution in [1.82, 2.24) is 0 Å². The monoisotopic (exact) mass is 364 g/mol. The van der Waals surface area contributed by atoms with Gasteiger partial charge < -0.3 is 9.80 Å². The molecular weight excluding hydrogens is 340 g/mol. The van der Waals surface area contributed by atoms with E-state index in [4.69, 9.17) is 11.6 Å². The molecule has 0 aliphatic heterocycles. The molecule has 1 atom stereocenters. The smallest absolute Gasteiger partial charge is 0.0642 e. The van der Waals surface area contributed by atoms with Gasteiger partial charge in [-0.05, 0) is 28.8 Å². The molecular formula is C23H25ClN2. The minimum atomic E-state index is 0.103. The van der Waals surface area contributed by atoms with E-state index in [2.05, 4.69) is 84.6 Å². The van der Waals surface area contributed by atoms with Crippen LogP contribution in [-0.2, 0) is 0 Å². The summed E-state index contributed by atoms with van der Waals surface area (Å²) in [6.45, 7) is 0. The number of para-hydroxylation sites is 2. The maximum Gasteiger partial charge on any atom is 0.0642 e. The van der Waals surface area contributed by atoms with E-state index < -0.39 is 0 Å². The van der Waals surface area contributed by atoms with Crippen molar-refractivity contribution in [2.75, 3.05) is 38.0 Å². The third-order valence-corrected chi connectivity index (χ3v) is 4.94. The zero-order chi connectivity index (χ0) is 18.7. The van der Waals surface area contributed by atoms with Gasteiger partial charge in [0.2, 0.25) is 0 Å². The lowest BCUT2D eigenvalue weighted by Crippen LogP contribution is -2.18. The first-order valence-electron chi connectivity index (χ1n) is 8.77. The van der Waals surface area contributed by atoms with E-state index in [0.29, 0.717) is 0 Å². The van der Waals surface area contributed by atoms with E-state index >= 15 is 0 Å². The second-order valence-electron chi connectivity index (χ2n) is 6.87. The van der Waals surface area contributed by atoms with Gasteiger partial charge in [0.05, 0.1) is 10.7 Å². The fourth-order valence-corrected chi connectivity index (χ4v) is 3.90. The van der Waals surface area contributed by atoms with E-state index in [1.807, 2.05) is 26.2 Å². The van der Waals surface area contributed by atoms with Crippen LogP contribution in [0, 0.1) is 0 Å². The van der Waals surface area contributed by atoms with Crippen LogP contribution in [0.4, 0.5) is 11.4 Å². The molecule has 0 bridgehead atoms. The zero-order valence-electron chi connectivity index (χ0n) is 15.8. The molecule has 3 rings (SSSR count). The molecule has 1 unspecified atom stereocenters. The Balaban J connectivity index is 2.31. The first-order valence-corrected chi connectivity index (χ1v) is 9.15. The summed E-state index contributed by atoms with van der Waals surface area (Å²) in [6.07, 6.45) is 0. The van der Waals surface area contributed by atoms with Crippen molar-refractivity contribution < 1.29 is 0 Å². The van der Waals surface area contributed by atoms with E-state index in [1.165, 1.54) is 22.4 Å². The largest absolute Gasteiger partial charge is 0.377 e. The summed E-state index contributed by atoms with van der Waals surface area (Å²) in [7, 11) is 8.27. The standard InChI is InChI=1S/C23H25ClN2/c1-25(2)21-16-9-8-13-18(21)22(17-11-6-5-7-12-17)19-14-10-15-20(24)23(19)26(3)4/h5-16,22H,1-4H3. The van der Waals surface area contributed by atoms with Crippen LogP contribution in [0.5, 0.6) is 0 Å². The molecule has 0 radical (unpaired) electrons. The summed E-state index contributed by atoms with van der Waals surface area (Å²) in [4.78, 5) is 4.27. The molecule has 0 saturated heterocycles. The Morgan fingerprint density at radius 1 is 0.654 bits per heavy atom. The molecule has 0 aromatic heterocycles. The molecule has 0 fully saturated rings. The Morgan fingerprint density at radius 3 is 1.92 bits per heavy atom. The highest BCUT2D eigenvalue weighted by atomic mass is 35.5. The van der Waals surface area contributed by atoms with Crippen molar-refractivity contribution in [1.29, 1.82) is 0 Å². The lowest BCUT2D eigenvalue weighted by atomic mass is 9.83. The molecule has 2 nitrogen and oxygen atoms in total. The number of hydrogen-bond donors (Lipinski definition) is 0. The zero-order valence-corrected chi connectivity index (χ0v) is 16.5. The third-order valence-electron chi connectivity index (χ3n) is 4.64. The van der Waals surface area contributed by atoms with E-state index in [9.17, 15) is 0 Å². The van der Waals surface area contributed by atoms with Crippen LogP contribution in [-0.4, -0.2) is 28.2 Å². The van der Waals surface area contributed by atoms with Gasteiger partial charge in [0, 0.05) is 39.8 Å². The van der Waals surface area contributed by atoms with Gasteiger partial charge in [0.1, 0.15) is 0 Å². The average Bonchev–Trinajstić information content (AvgIpc) is 2.63. The molecule has 0 spiro atoms. The first kappa shape index (κ1) is 18.3. The predicted octanol–water partition coefficient (Wildman–Crippen LogP) is 5.65. The summed E-state index contributed by atoms with van der Waals surface area (Å²) in [5, 5.41) is 0.774. The minimum absolute atomic E-state index is 0.103. The molecule has 0 aliphatic rings. The summed E-state index contributed by atoms with van der Waals surface area (Å²) in [6, 6.07) is 25.4. The predicted molar refractivity (Wildman–Crippen MR) is 114 cm³/mol. The van der Waals surface area contributed by atoms with Crippen molar-refractivity contribution >= 4 is 23.0 Å². The van der Waals surface area contributed by atoms with Crippen LogP contribution in [0.3, 0.4) is 0 Å². The van der Waals surface area contributed by atoms with Gasteiger partial charge in [-0.25, -0.2) is 0 Å². The van der Waals surface area contributed by atoms with Crippen LogP contribution < -0.4 is 9.80 Å². The Hall–Kier alpha value is -2.45. The van der Waals surface area contributed by atoms with E-state index in [0.717, 1.165) is 10.7 Å². The van der Waals surface area contributed by atoms with Crippen molar-refractivity contribution in [2.24, 2.45) is 0 Å². The van der Waals surface area contributed by atoms with Crippen molar-refractivity contribution in [3.8, 4) is 0 Å². The molecule has 0 aliphatic carbocycles. The number of anilines is 2. The molecule has 3 aromatic rings. The number of hydrogen-bond acceptors (Lipinski definition) is 2. The third kappa shape index (κ3) is 3.56. The lowest BCUT2D eigenvalue weighted by Gasteiger charge is -2.29. The molecule has 3 heteroatoms. The van der Waals surface area contributed by atoms with E-state index in [-0.39, 0.29) is 5.92 Å². The molecule has 0 N–H and O–H groups in total. The van der Waals surface area contributed by atoms with Crippen LogP contribution in [0.15, 0.2) is 72.8 Å². The second-order valence-corrected chi connectivity index (χ2v) is 7.28. The fourth-order valence-electron chi connectivity index (χ4n) is 3.55. The van der Waals surface area contributed by atoms with Crippen LogP contribution in [0.25, 0.3) is 0 Å². The molecule has 26 heavy (non-hydrogen) atoms. The van der Waals surface area contributed by atoms with Crippen LogP contribution in [0.1, 0.15) is 22.6 Å². The summed E-state index contributed by atoms with van der Waals surface area (Å²) < 4.78 is 0. The second kappa shape index (κ2) is 7.84. The number of nitrogens with zero attached hydrogens (tertiary/aromatic N) is 2. The molecule has 0 saturated carbocycles. The highest BCUT2D eigenvalue weighted by Gasteiger charge is 2.24. The van der Waals surface area contributed by atoms with Crippen molar-refractivity contribution in [2.45, 2.75) is 5.92 Å². The Bertz CT molecular complexity index is 872. The number of benzene rings is 3. The number of halogens is 1. The minimum Gasteiger partial charge on any atom is -0.377 e. The Kier molecular flexibility index (Phi) is 5.53. The van der Waals surface area contributed by atoms with Crippen molar-refractivity contribution in [3.63, 3.8) is 0 Å². The fraction of sp³-hybridized carbons (Fsp3) is 0.217. The maximum absolute atomic E-state index is 6.59. The number of rotatable bonds is 5. The quantitative estimate of drug-likeness (QED) is 0.539. The van der Waals surface area contributed by atoms with Gasteiger partial charge in [0.15, 0.2) is 0 Å². The topological polar surface area (TPSA) is 6.48 Å². The van der Waals surface area contributed by atoms with E-state index in [1.54, 1.807) is 0 Å². The van der Waals surface area contributed by atoms with Gasteiger partial charge in [0.25, 0.3) is 0 Å². The van der Waals surface area contributed by atoms with Gasteiger partial charge >= 0.3 is 0 Å². The van der Waals surface area contributed by atoms with Crippen molar-refractivity contribution in [3.05, 3.63) is 94.5 Å². The highest BCUT2D eigenvalue weighted by molar-refractivity contribution is 6.33. The molecule has 3 aromatic carbocycles. The van der Waals surface area contributed by atoms with Gasteiger partial charge in [-0.1, -0.05) is 72.3 Å². The lowest BCUT2D eigenvalue weighted by molar-refractivity contribution is 0.944. The summed E-state index contributed by atoms with van der Waals surface area (Å²) in [5.41, 5.74) is 6.02. The summed E-state index contributed by atoms with van der Waals surface area (Å²) >= 11 is 6.59. The van der Waals surface area contributed by atoms with Gasteiger partial charge in [-0.15, -0.1) is 0 Å². The molecule has 0 heterocycles. The Labute approximate surface area is 161 Å². The molecule has 0 amide bonds. The van der Waals surface area contributed by atoms with Crippen LogP contribution in [0.2, 0.25) is 5.02 Å². The van der Waals surface area contributed by atoms with Gasteiger partial charge in [-0.3, -0.25) is 0 Å². The van der Waals surface area contributed by atoms with Gasteiger partial charge in [-0.2, -0.15) is 0 Å².